The normalized spacial score (nSPS) is 16.2. The first-order valence-electron chi connectivity index (χ1n) is 7.43. The molecule has 1 aliphatic rings. The van der Waals surface area contributed by atoms with Crippen LogP contribution in [0, 0.1) is 11.8 Å². The number of rotatable bonds is 1. The zero-order valence-electron chi connectivity index (χ0n) is 13.4. The molecular formula is C18H18N4O. The molecule has 23 heavy (non-hydrogen) atoms. The minimum absolute atomic E-state index is 0.0626. The van der Waals surface area contributed by atoms with E-state index in [4.69, 9.17) is 0 Å². The van der Waals surface area contributed by atoms with Crippen molar-refractivity contribution in [2.75, 3.05) is 18.5 Å². The van der Waals surface area contributed by atoms with Crippen LogP contribution in [-0.4, -0.2) is 40.3 Å². The topological polar surface area (TPSA) is 49.3 Å². The van der Waals surface area contributed by atoms with Gasteiger partial charge in [-0.2, -0.15) is 0 Å². The lowest BCUT2D eigenvalue weighted by atomic mass is 10.1. The van der Waals surface area contributed by atoms with Crippen LogP contribution in [0.5, 0.6) is 0 Å². The highest BCUT2D eigenvalue weighted by Gasteiger charge is 2.41. The van der Waals surface area contributed by atoms with E-state index >= 15 is 0 Å². The van der Waals surface area contributed by atoms with Gasteiger partial charge < -0.3 is 4.90 Å². The molecule has 116 valence electrons. The van der Waals surface area contributed by atoms with Crippen molar-refractivity contribution in [3.63, 3.8) is 0 Å². The number of likely N-dealkylation sites (N-methyl/N-ethyl adjacent to an activating group) is 1. The molecule has 1 aromatic heterocycles. The van der Waals surface area contributed by atoms with Crippen LogP contribution in [-0.2, 0) is 0 Å². The predicted octanol–water partition coefficient (Wildman–Crippen LogP) is 2.53. The Morgan fingerprint density at radius 2 is 1.78 bits per heavy atom. The van der Waals surface area contributed by atoms with Crippen LogP contribution >= 0.6 is 0 Å². The molecule has 1 saturated heterocycles. The predicted molar refractivity (Wildman–Crippen MR) is 89.0 cm³/mol. The summed E-state index contributed by atoms with van der Waals surface area (Å²) in [6, 6.07) is 13.2. The Hall–Kier alpha value is -2.87. The second kappa shape index (κ2) is 5.73. The summed E-state index contributed by atoms with van der Waals surface area (Å²) in [5.41, 5.74) is 1.29. The third-order valence-electron chi connectivity index (χ3n) is 4.01. The molecule has 0 saturated carbocycles. The minimum atomic E-state index is -0.218. The fraction of sp³-hybridized carbons (Fsp3) is 0.278. The summed E-state index contributed by atoms with van der Waals surface area (Å²) >= 11 is 0. The van der Waals surface area contributed by atoms with Gasteiger partial charge in [-0.1, -0.05) is 24.1 Å². The van der Waals surface area contributed by atoms with E-state index in [9.17, 15) is 4.79 Å². The Labute approximate surface area is 135 Å². The Morgan fingerprint density at radius 3 is 2.35 bits per heavy atom. The average molecular weight is 306 g/mol. The molecule has 5 heteroatoms. The van der Waals surface area contributed by atoms with Crippen LogP contribution in [0.4, 0.5) is 10.6 Å². The van der Waals surface area contributed by atoms with Crippen LogP contribution in [0.2, 0.25) is 0 Å². The lowest BCUT2D eigenvalue weighted by molar-refractivity contribution is 0.198. The number of aromatic nitrogens is 2. The number of anilines is 1. The molecule has 2 amide bonds. The summed E-state index contributed by atoms with van der Waals surface area (Å²) in [4.78, 5) is 15.6. The molecule has 0 spiro atoms. The minimum Gasteiger partial charge on any atom is -0.320 e. The Bertz CT molecular complexity index is 772. The molecule has 5 nitrogen and oxygen atoms in total. The number of nitrogens with zero attached hydrogens (tertiary/aromatic N) is 4. The van der Waals surface area contributed by atoms with Gasteiger partial charge in [-0.05, 0) is 44.0 Å². The maximum atomic E-state index is 12.3. The van der Waals surface area contributed by atoms with E-state index in [-0.39, 0.29) is 11.6 Å². The molecule has 3 rings (SSSR count). The van der Waals surface area contributed by atoms with Crippen molar-refractivity contribution >= 4 is 11.8 Å². The Balaban J connectivity index is 1.79. The van der Waals surface area contributed by atoms with Gasteiger partial charge in [0.2, 0.25) is 0 Å². The number of benzene rings is 1. The largest absolute Gasteiger partial charge is 0.326 e. The van der Waals surface area contributed by atoms with E-state index in [1.165, 1.54) is 0 Å². The standard InChI is InChI=1S/C18H18N4O/c1-18(2)13-22(17(23)21(18)3)16-12-11-15(19-20-16)10-9-14-7-5-4-6-8-14/h4-8,11-12H,13H2,1-3H3. The first-order valence-corrected chi connectivity index (χ1v) is 7.43. The molecule has 0 aliphatic carbocycles. The SMILES string of the molecule is CN1C(=O)N(c2ccc(C#Cc3ccccc3)nn2)CC1(C)C. The van der Waals surface area contributed by atoms with Crippen molar-refractivity contribution in [2.45, 2.75) is 19.4 Å². The van der Waals surface area contributed by atoms with Crippen LogP contribution in [0.25, 0.3) is 0 Å². The Kier molecular flexibility index (Phi) is 3.75. The van der Waals surface area contributed by atoms with Gasteiger partial charge in [-0.25, -0.2) is 4.79 Å². The molecule has 1 aromatic carbocycles. The maximum absolute atomic E-state index is 12.3. The van der Waals surface area contributed by atoms with Gasteiger partial charge in [-0.3, -0.25) is 4.90 Å². The quantitative estimate of drug-likeness (QED) is 0.761. The molecule has 0 N–H and O–H groups in total. The summed E-state index contributed by atoms with van der Waals surface area (Å²) in [6.45, 7) is 4.64. The second-order valence-corrected chi connectivity index (χ2v) is 6.13. The lowest BCUT2D eigenvalue weighted by Gasteiger charge is -2.24. The van der Waals surface area contributed by atoms with Gasteiger partial charge >= 0.3 is 6.03 Å². The van der Waals surface area contributed by atoms with Crippen molar-refractivity contribution < 1.29 is 4.79 Å². The maximum Gasteiger partial charge on any atom is 0.326 e. The molecule has 0 bridgehead atoms. The van der Waals surface area contributed by atoms with Crippen LogP contribution in [0.1, 0.15) is 25.1 Å². The average Bonchev–Trinajstić information content (AvgIpc) is 2.78. The van der Waals surface area contributed by atoms with E-state index in [1.807, 2.05) is 44.2 Å². The number of carbonyl (C=O) groups excluding carboxylic acids is 1. The van der Waals surface area contributed by atoms with Crippen molar-refractivity contribution in [1.29, 1.82) is 0 Å². The highest BCUT2D eigenvalue weighted by molar-refractivity contribution is 5.94. The molecule has 2 heterocycles. The van der Waals surface area contributed by atoms with Gasteiger partial charge in [0.1, 0.15) is 5.69 Å². The number of hydrogen-bond donors (Lipinski definition) is 0. The fourth-order valence-electron chi connectivity index (χ4n) is 2.37. The third kappa shape index (κ3) is 3.02. The van der Waals surface area contributed by atoms with Gasteiger partial charge in [0.25, 0.3) is 0 Å². The third-order valence-corrected chi connectivity index (χ3v) is 4.01. The van der Waals surface area contributed by atoms with Crippen molar-refractivity contribution in [3.05, 3.63) is 53.7 Å². The summed E-state index contributed by atoms with van der Waals surface area (Å²) in [6.07, 6.45) is 0. The molecule has 1 aliphatic heterocycles. The summed E-state index contributed by atoms with van der Waals surface area (Å²) in [5, 5.41) is 8.26. The van der Waals surface area contributed by atoms with Gasteiger partial charge in [0, 0.05) is 12.6 Å². The Morgan fingerprint density at radius 1 is 1.04 bits per heavy atom. The highest BCUT2D eigenvalue weighted by atomic mass is 16.2. The van der Waals surface area contributed by atoms with E-state index < -0.39 is 0 Å². The molecule has 0 unspecified atom stereocenters. The first-order chi connectivity index (χ1) is 11.0. The number of carbonyl (C=O) groups is 1. The molecule has 2 aromatic rings. The fourth-order valence-corrected chi connectivity index (χ4v) is 2.37. The van der Waals surface area contributed by atoms with Crippen molar-refractivity contribution in [3.8, 4) is 11.8 Å². The van der Waals surface area contributed by atoms with E-state index in [0.29, 0.717) is 18.1 Å². The van der Waals surface area contributed by atoms with Crippen LogP contribution < -0.4 is 4.90 Å². The van der Waals surface area contributed by atoms with Gasteiger partial charge in [-0.15, -0.1) is 10.2 Å². The van der Waals surface area contributed by atoms with Gasteiger partial charge in [0.05, 0.1) is 12.1 Å². The van der Waals surface area contributed by atoms with Gasteiger partial charge in [0.15, 0.2) is 5.82 Å². The molecular weight excluding hydrogens is 288 g/mol. The molecule has 0 radical (unpaired) electrons. The number of hydrogen-bond acceptors (Lipinski definition) is 3. The van der Waals surface area contributed by atoms with Crippen LogP contribution in [0.15, 0.2) is 42.5 Å². The highest BCUT2D eigenvalue weighted by Crippen LogP contribution is 2.27. The van der Waals surface area contributed by atoms with Crippen molar-refractivity contribution in [2.24, 2.45) is 0 Å². The molecule has 0 atom stereocenters. The smallest absolute Gasteiger partial charge is 0.320 e. The zero-order chi connectivity index (χ0) is 16.4. The summed E-state index contributed by atoms with van der Waals surface area (Å²) in [5.74, 6) is 6.57. The molecule has 1 fully saturated rings. The van der Waals surface area contributed by atoms with E-state index in [2.05, 4.69) is 22.0 Å². The summed E-state index contributed by atoms with van der Waals surface area (Å²) < 4.78 is 0. The first kappa shape index (κ1) is 15.0. The number of urea groups is 1. The van der Waals surface area contributed by atoms with Crippen molar-refractivity contribution in [1.82, 2.24) is 15.1 Å². The van der Waals surface area contributed by atoms with E-state index in [1.54, 1.807) is 29.0 Å². The monoisotopic (exact) mass is 306 g/mol. The van der Waals surface area contributed by atoms with Crippen LogP contribution in [0.3, 0.4) is 0 Å². The summed E-state index contributed by atoms with van der Waals surface area (Å²) in [7, 11) is 1.80. The van der Waals surface area contributed by atoms with E-state index in [0.717, 1.165) is 5.56 Å². The zero-order valence-corrected chi connectivity index (χ0v) is 13.4. The second-order valence-electron chi connectivity index (χ2n) is 6.13. The lowest BCUT2D eigenvalue weighted by Crippen LogP contribution is -2.38. The number of amides is 2.